The zero-order valence-electron chi connectivity index (χ0n) is 15.2. The predicted octanol–water partition coefficient (Wildman–Crippen LogP) is 2.13. The molecule has 0 atom stereocenters. The van der Waals surface area contributed by atoms with Gasteiger partial charge in [-0.3, -0.25) is 14.5 Å². The van der Waals surface area contributed by atoms with E-state index < -0.39 is 5.54 Å². The van der Waals surface area contributed by atoms with Crippen LogP contribution in [0.15, 0.2) is 18.2 Å². The van der Waals surface area contributed by atoms with Crippen molar-refractivity contribution < 1.29 is 9.59 Å². The smallest absolute Gasteiger partial charge is 0.238 e. The maximum absolute atomic E-state index is 12.2. The van der Waals surface area contributed by atoms with Gasteiger partial charge in [0.15, 0.2) is 0 Å². The molecule has 1 aliphatic rings. The number of hydrogen-bond donors (Lipinski definition) is 2. The Morgan fingerprint density at radius 2 is 1.84 bits per heavy atom. The SMILES string of the molecule is Cc1cccc(NC(=O)CN(C)CC(=O)NC2(C#N)CCCC2)c1C. The number of benzene rings is 1. The molecule has 0 spiro atoms. The van der Waals surface area contributed by atoms with Crippen LogP contribution in [0, 0.1) is 25.2 Å². The number of hydrogen-bond acceptors (Lipinski definition) is 4. The highest BCUT2D eigenvalue weighted by atomic mass is 16.2. The maximum Gasteiger partial charge on any atom is 0.238 e. The average Bonchev–Trinajstić information content (AvgIpc) is 3.00. The number of rotatable bonds is 6. The summed E-state index contributed by atoms with van der Waals surface area (Å²) in [6.07, 6.45) is 3.32. The van der Waals surface area contributed by atoms with Crippen molar-refractivity contribution in [2.45, 2.75) is 45.1 Å². The minimum atomic E-state index is -0.723. The molecule has 25 heavy (non-hydrogen) atoms. The zero-order valence-corrected chi connectivity index (χ0v) is 15.2. The Bertz CT molecular complexity index is 687. The van der Waals surface area contributed by atoms with Gasteiger partial charge in [0.2, 0.25) is 11.8 Å². The van der Waals surface area contributed by atoms with Gasteiger partial charge in [-0.1, -0.05) is 12.1 Å². The van der Waals surface area contributed by atoms with E-state index in [9.17, 15) is 14.9 Å². The second-order valence-electron chi connectivity index (χ2n) is 6.92. The van der Waals surface area contributed by atoms with E-state index in [4.69, 9.17) is 0 Å². The van der Waals surface area contributed by atoms with Gasteiger partial charge in [0.05, 0.1) is 19.2 Å². The molecule has 134 valence electrons. The maximum atomic E-state index is 12.2. The highest BCUT2D eigenvalue weighted by molar-refractivity contribution is 5.93. The van der Waals surface area contributed by atoms with Crippen LogP contribution >= 0.6 is 0 Å². The summed E-state index contributed by atoms with van der Waals surface area (Å²) in [5.41, 5.74) is 2.22. The topological polar surface area (TPSA) is 85.2 Å². The molecule has 2 N–H and O–H groups in total. The van der Waals surface area contributed by atoms with Crippen LogP contribution in [0.25, 0.3) is 0 Å². The Morgan fingerprint density at radius 3 is 2.48 bits per heavy atom. The quantitative estimate of drug-likeness (QED) is 0.829. The van der Waals surface area contributed by atoms with Crippen LogP contribution in [0.1, 0.15) is 36.8 Å². The summed E-state index contributed by atoms with van der Waals surface area (Å²) in [6, 6.07) is 8.00. The average molecular weight is 342 g/mol. The zero-order chi connectivity index (χ0) is 18.4. The van der Waals surface area contributed by atoms with E-state index >= 15 is 0 Å². The Morgan fingerprint density at radius 1 is 1.20 bits per heavy atom. The number of nitrogens with zero attached hydrogens (tertiary/aromatic N) is 2. The molecule has 1 saturated carbocycles. The van der Waals surface area contributed by atoms with E-state index in [1.54, 1.807) is 11.9 Å². The van der Waals surface area contributed by atoms with Gasteiger partial charge in [0.25, 0.3) is 0 Å². The molecular formula is C19H26N4O2. The molecule has 0 bridgehead atoms. The second kappa shape index (κ2) is 8.13. The predicted molar refractivity (Wildman–Crippen MR) is 97.0 cm³/mol. The summed E-state index contributed by atoms with van der Waals surface area (Å²) in [5, 5.41) is 15.0. The fourth-order valence-electron chi connectivity index (χ4n) is 3.17. The third-order valence-corrected chi connectivity index (χ3v) is 4.76. The van der Waals surface area contributed by atoms with Crippen LogP contribution in [0.2, 0.25) is 0 Å². The molecule has 0 unspecified atom stereocenters. The van der Waals surface area contributed by atoms with Crippen molar-refractivity contribution >= 4 is 17.5 Å². The van der Waals surface area contributed by atoms with Crippen molar-refractivity contribution in [2.24, 2.45) is 0 Å². The minimum Gasteiger partial charge on any atom is -0.337 e. The third kappa shape index (κ3) is 5.04. The lowest BCUT2D eigenvalue weighted by molar-refractivity contribution is -0.124. The first kappa shape index (κ1) is 18.9. The minimum absolute atomic E-state index is 0.0870. The molecule has 2 amide bonds. The molecule has 1 aromatic rings. The number of likely N-dealkylation sites (N-methyl/N-ethyl adjacent to an activating group) is 1. The molecule has 1 aromatic carbocycles. The Labute approximate surface area is 149 Å². The lowest BCUT2D eigenvalue weighted by Crippen LogP contribution is -2.49. The van der Waals surface area contributed by atoms with Gasteiger partial charge in [0, 0.05) is 5.69 Å². The third-order valence-electron chi connectivity index (χ3n) is 4.76. The van der Waals surface area contributed by atoms with E-state index in [1.165, 1.54) is 0 Å². The van der Waals surface area contributed by atoms with Crippen molar-refractivity contribution in [1.29, 1.82) is 5.26 Å². The highest BCUT2D eigenvalue weighted by Crippen LogP contribution is 2.28. The number of carbonyl (C=O) groups excluding carboxylic acids is 2. The Balaban J connectivity index is 1.84. The van der Waals surface area contributed by atoms with E-state index in [1.807, 2.05) is 32.0 Å². The standard InChI is InChI=1S/C19H26N4O2/c1-14-7-6-8-16(15(14)2)21-17(24)11-23(3)12-18(25)22-19(13-20)9-4-5-10-19/h6-8H,4-5,9-12H2,1-3H3,(H,21,24)(H,22,25). The first-order valence-corrected chi connectivity index (χ1v) is 8.62. The number of amides is 2. The number of nitrogens with one attached hydrogen (secondary N) is 2. The van der Waals surface area contributed by atoms with Crippen molar-refractivity contribution in [3.05, 3.63) is 29.3 Å². The molecule has 1 fully saturated rings. The molecule has 0 radical (unpaired) electrons. The molecule has 0 aromatic heterocycles. The summed E-state index contributed by atoms with van der Waals surface area (Å²) in [4.78, 5) is 26.0. The lowest BCUT2D eigenvalue weighted by atomic mass is 10.00. The molecule has 6 nitrogen and oxygen atoms in total. The second-order valence-corrected chi connectivity index (χ2v) is 6.92. The van der Waals surface area contributed by atoms with Crippen molar-refractivity contribution in [3.63, 3.8) is 0 Å². The van der Waals surface area contributed by atoms with Gasteiger partial charge in [-0.25, -0.2) is 0 Å². The van der Waals surface area contributed by atoms with Crippen LogP contribution in [0.5, 0.6) is 0 Å². The van der Waals surface area contributed by atoms with E-state index in [0.717, 1.165) is 29.7 Å². The van der Waals surface area contributed by atoms with Gasteiger partial charge in [-0.05, 0) is 63.8 Å². The summed E-state index contributed by atoms with van der Waals surface area (Å²) in [6.45, 7) is 4.16. The monoisotopic (exact) mass is 342 g/mol. The highest BCUT2D eigenvalue weighted by Gasteiger charge is 2.35. The fourth-order valence-corrected chi connectivity index (χ4v) is 3.17. The fraction of sp³-hybridized carbons (Fsp3) is 0.526. The van der Waals surface area contributed by atoms with Crippen LogP contribution in [-0.2, 0) is 9.59 Å². The van der Waals surface area contributed by atoms with Gasteiger partial charge < -0.3 is 10.6 Å². The molecule has 0 saturated heterocycles. The molecule has 6 heteroatoms. The summed E-state index contributed by atoms with van der Waals surface area (Å²) in [7, 11) is 1.72. The number of aryl methyl sites for hydroxylation is 1. The molecule has 0 heterocycles. The Hall–Kier alpha value is -2.39. The van der Waals surface area contributed by atoms with E-state index in [0.29, 0.717) is 12.8 Å². The first-order chi connectivity index (χ1) is 11.8. The molecule has 0 aliphatic heterocycles. The normalized spacial score (nSPS) is 15.6. The van der Waals surface area contributed by atoms with Gasteiger partial charge in [-0.2, -0.15) is 5.26 Å². The van der Waals surface area contributed by atoms with Gasteiger partial charge in [0.1, 0.15) is 5.54 Å². The van der Waals surface area contributed by atoms with Gasteiger partial charge in [-0.15, -0.1) is 0 Å². The van der Waals surface area contributed by atoms with Crippen LogP contribution < -0.4 is 10.6 Å². The summed E-state index contributed by atoms with van der Waals surface area (Å²) in [5.74, 6) is -0.384. The molecule has 1 aliphatic carbocycles. The summed E-state index contributed by atoms with van der Waals surface area (Å²) >= 11 is 0. The number of anilines is 1. The van der Waals surface area contributed by atoms with Crippen LogP contribution in [0.3, 0.4) is 0 Å². The largest absolute Gasteiger partial charge is 0.337 e. The van der Waals surface area contributed by atoms with Crippen LogP contribution in [0.4, 0.5) is 5.69 Å². The molecule has 2 rings (SSSR count). The molecular weight excluding hydrogens is 316 g/mol. The van der Waals surface area contributed by atoms with Crippen molar-refractivity contribution in [2.75, 3.05) is 25.5 Å². The summed E-state index contributed by atoms with van der Waals surface area (Å²) < 4.78 is 0. The Kier molecular flexibility index (Phi) is 6.16. The van der Waals surface area contributed by atoms with Gasteiger partial charge >= 0.3 is 0 Å². The van der Waals surface area contributed by atoms with E-state index in [-0.39, 0.29) is 24.9 Å². The number of nitriles is 1. The number of carbonyl (C=O) groups is 2. The van der Waals surface area contributed by atoms with Crippen molar-refractivity contribution in [3.8, 4) is 6.07 Å². The van der Waals surface area contributed by atoms with Crippen molar-refractivity contribution in [1.82, 2.24) is 10.2 Å². The van der Waals surface area contributed by atoms with E-state index in [2.05, 4.69) is 16.7 Å². The van der Waals surface area contributed by atoms with Crippen LogP contribution in [-0.4, -0.2) is 42.4 Å². The lowest BCUT2D eigenvalue weighted by Gasteiger charge is -2.24. The first-order valence-electron chi connectivity index (χ1n) is 8.62.